The van der Waals surface area contributed by atoms with Gasteiger partial charge in [-0.05, 0) is 30.7 Å². The van der Waals surface area contributed by atoms with Crippen LogP contribution in [-0.4, -0.2) is 35.4 Å². The van der Waals surface area contributed by atoms with E-state index in [-0.39, 0.29) is 17.9 Å². The van der Waals surface area contributed by atoms with Crippen LogP contribution in [0.5, 0.6) is 11.5 Å². The van der Waals surface area contributed by atoms with Crippen molar-refractivity contribution in [1.82, 2.24) is 4.90 Å². The zero-order chi connectivity index (χ0) is 23.4. The molecule has 1 aliphatic rings. The van der Waals surface area contributed by atoms with E-state index in [1.807, 2.05) is 49.4 Å². The molecule has 0 aromatic heterocycles. The Kier molecular flexibility index (Phi) is 6.45. The summed E-state index contributed by atoms with van der Waals surface area (Å²) in [7, 11) is 1.56. The van der Waals surface area contributed by atoms with Gasteiger partial charge in [-0.25, -0.2) is 0 Å². The molecule has 168 valence electrons. The van der Waals surface area contributed by atoms with Crippen molar-refractivity contribution in [2.24, 2.45) is 0 Å². The van der Waals surface area contributed by atoms with Crippen LogP contribution in [0.4, 0.5) is 0 Å². The molecular weight excluding hydrogens is 418 g/mol. The smallest absolute Gasteiger partial charge is 0.295 e. The summed E-state index contributed by atoms with van der Waals surface area (Å²) in [5.74, 6) is -0.367. The Labute approximate surface area is 192 Å². The number of nitrogens with zero attached hydrogens (tertiary/aromatic N) is 1. The summed E-state index contributed by atoms with van der Waals surface area (Å²) in [5, 5.41) is 11.1. The first-order valence-corrected chi connectivity index (χ1v) is 10.7. The molecule has 4 rings (SSSR count). The second-order valence-corrected chi connectivity index (χ2v) is 7.61. The minimum absolute atomic E-state index is 0.0507. The molecule has 6 heteroatoms. The van der Waals surface area contributed by atoms with Crippen molar-refractivity contribution in [1.29, 1.82) is 0 Å². The number of carbonyl (C=O) groups is 2. The van der Waals surface area contributed by atoms with Crippen molar-refractivity contribution < 1.29 is 24.2 Å². The topological polar surface area (TPSA) is 76.1 Å². The number of hydrogen-bond acceptors (Lipinski definition) is 5. The molecule has 1 N–H and O–H groups in total. The SMILES string of the molecule is CCOc1cccc(C2/C(=C(/O)c3ccccc3)C(=O)C(=O)N2Cc2ccccc2OC)c1. The summed E-state index contributed by atoms with van der Waals surface area (Å²) in [6, 6.07) is 22.6. The number of benzene rings is 3. The Hall–Kier alpha value is -4.06. The lowest BCUT2D eigenvalue weighted by Crippen LogP contribution is -2.29. The normalized spacial score (nSPS) is 17.3. The molecule has 0 bridgehead atoms. The summed E-state index contributed by atoms with van der Waals surface area (Å²) in [6.45, 7) is 2.51. The molecule has 0 aliphatic carbocycles. The first-order chi connectivity index (χ1) is 16.0. The fraction of sp³-hybridized carbons (Fsp3) is 0.185. The highest BCUT2D eigenvalue weighted by Gasteiger charge is 2.46. The lowest BCUT2D eigenvalue weighted by molar-refractivity contribution is -0.140. The summed E-state index contributed by atoms with van der Waals surface area (Å²) >= 11 is 0. The average molecular weight is 443 g/mol. The third-order valence-corrected chi connectivity index (χ3v) is 5.61. The van der Waals surface area contributed by atoms with Crippen LogP contribution in [0.15, 0.2) is 84.4 Å². The number of amides is 1. The number of hydrogen-bond donors (Lipinski definition) is 1. The molecule has 1 amide bonds. The third kappa shape index (κ3) is 4.32. The Balaban J connectivity index is 1.87. The average Bonchev–Trinajstić information content (AvgIpc) is 3.10. The summed E-state index contributed by atoms with van der Waals surface area (Å²) in [6.07, 6.45) is 0. The molecule has 33 heavy (non-hydrogen) atoms. The van der Waals surface area contributed by atoms with E-state index in [2.05, 4.69) is 0 Å². The maximum Gasteiger partial charge on any atom is 0.295 e. The minimum Gasteiger partial charge on any atom is -0.507 e. The van der Waals surface area contributed by atoms with E-state index in [1.165, 1.54) is 4.90 Å². The highest BCUT2D eigenvalue weighted by Crippen LogP contribution is 2.41. The molecule has 1 unspecified atom stereocenters. The molecule has 0 saturated carbocycles. The van der Waals surface area contributed by atoms with E-state index in [0.29, 0.717) is 29.2 Å². The minimum atomic E-state index is -0.782. The standard InChI is InChI=1S/C27H25NO5/c1-3-33-21-14-9-13-19(16-21)24-23(25(29)18-10-5-4-6-11-18)26(30)27(31)28(24)17-20-12-7-8-15-22(20)32-2/h4-16,24,29H,3,17H2,1-2H3/b25-23-. The van der Waals surface area contributed by atoms with Gasteiger partial charge in [0.25, 0.3) is 11.7 Å². The second-order valence-electron chi connectivity index (χ2n) is 7.61. The molecule has 1 atom stereocenters. The van der Waals surface area contributed by atoms with Crippen LogP contribution in [0.25, 0.3) is 5.76 Å². The van der Waals surface area contributed by atoms with Crippen LogP contribution < -0.4 is 9.47 Å². The van der Waals surface area contributed by atoms with Crippen molar-refractivity contribution in [2.45, 2.75) is 19.5 Å². The van der Waals surface area contributed by atoms with Crippen LogP contribution in [0.1, 0.15) is 29.7 Å². The molecular formula is C27H25NO5. The molecule has 3 aromatic carbocycles. The number of ether oxygens (including phenoxy) is 2. The zero-order valence-electron chi connectivity index (χ0n) is 18.5. The maximum atomic E-state index is 13.2. The zero-order valence-corrected chi connectivity index (χ0v) is 18.5. The van der Waals surface area contributed by atoms with Crippen LogP contribution >= 0.6 is 0 Å². The van der Waals surface area contributed by atoms with Gasteiger partial charge in [0.15, 0.2) is 0 Å². The number of para-hydroxylation sites is 1. The number of methoxy groups -OCH3 is 1. The highest BCUT2D eigenvalue weighted by molar-refractivity contribution is 6.46. The summed E-state index contributed by atoms with van der Waals surface area (Å²) in [5.41, 5.74) is 1.95. The van der Waals surface area contributed by atoms with E-state index in [4.69, 9.17) is 9.47 Å². The van der Waals surface area contributed by atoms with Crippen molar-refractivity contribution in [3.63, 3.8) is 0 Å². The van der Waals surface area contributed by atoms with Crippen LogP contribution in [0.2, 0.25) is 0 Å². The number of rotatable bonds is 7. The van der Waals surface area contributed by atoms with Gasteiger partial charge in [-0.15, -0.1) is 0 Å². The maximum absolute atomic E-state index is 13.2. The van der Waals surface area contributed by atoms with E-state index >= 15 is 0 Å². The summed E-state index contributed by atoms with van der Waals surface area (Å²) in [4.78, 5) is 27.9. The van der Waals surface area contributed by atoms with Gasteiger partial charge in [0.2, 0.25) is 0 Å². The van der Waals surface area contributed by atoms with Gasteiger partial charge in [0, 0.05) is 11.1 Å². The number of aliphatic hydroxyl groups is 1. The Morgan fingerprint density at radius 3 is 2.42 bits per heavy atom. The van der Waals surface area contributed by atoms with E-state index in [1.54, 1.807) is 43.5 Å². The third-order valence-electron chi connectivity index (χ3n) is 5.61. The molecule has 6 nitrogen and oxygen atoms in total. The van der Waals surface area contributed by atoms with Gasteiger partial charge in [-0.3, -0.25) is 9.59 Å². The molecule has 1 saturated heterocycles. The monoisotopic (exact) mass is 443 g/mol. The van der Waals surface area contributed by atoms with E-state index in [0.717, 1.165) is 5.56 Å². The number of ketones is 1. The first kappa shape index (κ1) is 22.1. The predicted octanol–water partition coefficient (Wildman–Crippen LogP) is 4.72. The number of aliphatic hydroxyl groups excluding tert-OH is 1. The van der Waals surface area contributed by atoms with Crippen LogP contribution in [0.3, 0.4) is 0 Å². The van der Waals surface area contributed by atoms with Crippen molar-refractivity contribution in [3.8, 4) is 11.5 Å². The van der Waals surface area contributed by atoms with E-state index in [9.17, 15) is 14.7 Å². The molecule has 1 aliphatic heterocycles. The van der Waals surface area contributed by atoms with E-state index < -0.39 is 17.7 Å². The molecule has 1 heterocycles. The van der Waals surface area contributed by atoms with Gasteiger partial charge in [0.05, 0.1) is 31.9 Å². The predicted molar refractivity (Wildman–Crippen MR) is 125 cm³/mol. The van der Waals surface area contributed by atoms with Crippen molar-refractivity contribution in [3.05, 3.63) is 101 Å². The largest absolute Gasteiger partial charge is 0.507 e. The lowest BCUT2D eigenvalue weighted by Gasteiger charge is -2.26. The summed E-state index contributed by atoms with van der Waals surface area (Å²) < 4.78 is 11.1. The lowest BCUT2D eigenvalue weighted by atomic mass is 9.95. The van der Waals surface area contributed by atoms with Crippen LogP contribution in [-0.2, 0) is 16.1 Å². The highest BCUT2D eigenvalue weighted by atomic mass is 16.5. The van der Waals surface area contributed by atoms with Crippen molar-refractivity contribution >= 4 is 17.4 Å². The number of likely N-dealkylation sites (tertiary alicyclic amines) is 1. The first-order valence-electron chi connectivity index (χ1n) is 10.7. The van der Waals surface area contributed by atoms with Gasteiger partial charge >= 0.3 is 0 Å². The molecule has 1 fully saturated rings. The molecule has 0 spiro atoms. The van der Waals surface area contributed by atoms with Crippen LogP contribution in [0, 0.1) is 0 Å². The second kappa shape index (κ2) is 9.61. The Morgan fingerprint density at radius 2 is 1.70 bits per heavy atom. The fourth-order valence-electron chi connectivity index (χ4n) is 4.10. The van der Waals surface area contributed by atoms with Gasteiger partial charge in [-0.1, -0.05) is 60.7 Å². The quantitative estimate of drug-likeness (QED) is 0.325. The Bertz CT molecular complexity index is 1200. The van der Waals surface area contributed by atoms with Gasteiger partial charge in [0.1, 0.15) is 17.3 Å². The van der Waals surface area contributed by atoms with Gasteiger partial charge < -0.3 is 19.5 Å². The number of Topliss-reactive ketones (excluding diaryl/α,β-unsaturated/α-hetero) is 1. The van der Waals surface area contributed by atoms with Gasteiger partial charge in [-0.2, -0.15) is 0 Å². The fourth-order valence-corrected chi connectivity index (χ4v) is 4.10. The molecule has 0 radical (unpaired) electrons. The van der Waals surface area contributed by atoms with Crippen molar-refractivity contribution in [2.75, 3.05) is 13.7 Å². The Morgan fingerprint density at radius 1 is 0.970 bits per heavy atom. The molecule has 3 aromatic rings. The number of carbonyl (C=O) groups excluding carboxylic acids is 2.